The van der Waals surface area contributed by atoms with Crippen LogP contribution in [0.25, 0.3) is 11.1 Å². The Bertz CT molecular complexity index is 741. The second-order valence-corrected chi connectivity index (χ2v) is 6.03. The Morgan fingerprint density at radius 2 is 1.33 bits per heavy atom. The van der Waals surface area contributed by atoms with Crippen LogP contribution in [0.2, 0.25) is 0 Å². The minimum Gasteiger partial charge on any atom is -0.491 e. The molecule has 1 aliphatic carbocycles. The van der Waals surface area contributed by atoms with Gasteiger partial charge in [-0.05, 0) is 36.1 Å². The molecule has 0 radical (unpaired) electrons. The van der Waals surface area contributed by atoms with E-state index in [-0.39, 0.29) is 29.6 Å². The van der Waals surface area contributed by atoms with Crippen molar-refractivity contribution in [1.82, 2.24) is 0 Å². The lowest BCUT2D eigenvalue weighted by Crippen LogP contribution is -2.01. The number of unbranched alkanes of at least 4 members (excludes halogenated alkanes) is 1. The van der Waals surface area contributed by atoms with Crippen LogP contribution < -0.4 is 9.47 Å². The fourth-order valence-electron chi connectivity index (χ4n) is 2.99. The van der Waals surface area contributed by atoms with Crippen molar-refractivity contribution in [2.24, 2.45) is 0 Å². The summed E-state index contributed by atoms with van der Waals surface area (Å²) in [5.74, 6) is -0.277. The Morgan fingerprint density at radius 1 is 0.792 bits per heavy atom. The fourth-order valence-corrected chi connectivity index (χ4v) is 2.99. The van der Waals surface area contributed by atoms with Gasteiger partial charge in [-0.25, -0.2) is 8.78 Å². The van der Waals surface area contributed by atoms with E-state index in [1.807, 2.05) is 19.1 Å². The van der Waals surface area contributed by atoms with E-state index in [1.165, 1.54) is 0 Å². The summed E-state index contributed by atoms with van der Waals surface area (Å²) in [6.45, 7) is 4.98. The van der Waals surface area contributed by atoms with Crippen LogP contribution in [0.5, 0.6) is 11.5 Å². The number of halogens is 2. The Kier molecular flexibility index (Phi) is 5.03. The van der Waals surface area contributed by atoms with Gasteiger partial charge in [0.2, 0.25) is 0 Å². The summed E-state index contributed by atoms with van der Waals surface area (Å²) in [5.41, 5.74) is 2.49. The minimum atomic E-state index is -0.384. The van der Waals surface area contributed by atoms with Gasteiger partial charge in [-0.1, -0.05) is 32.4 Å². The molecule has 0 aliphatic heterocycles. The highest BCUT2D eigenvalue weighted by Gasteiger charge is 2.28. The molecule has 0 unspecified atom stereocenters. The molecule has 0 amide bonds. The van der Waals surface area contributed by atoms with Crippen LogP contribution in [0.1, 0.15) is 44.2 Å². The van der Waals surface area contributed by atoms with Gasteiger partial charge in [0.05, 0.1) is 13.2 Å². The Morgan fingerprint density at radius 3 is 1.83 bits per heavy atom. The van der Waals surface area contributed by atoms with Gasteiger partial charge in [0.15, 0.2) is 23.1 Å². The van der Waals surface area contributed by atoms with E-state index < -0.39 is 0 Å². The van der Waals surface area contributed by atoms with Crippen molar-refractivity contribution >= 4 is 0 Å². The predicted molar refractivity (Wildman–Crippen MR) is 90.8 cm³/mol. The first-order chi connectivity index (χ1) is 11.7. The van der Waals surface area contributed by atoms with E-state index in [4.69, 9.17) is 9.47 Å². The van der Waals surface area contributed by atoms with Crippen LogP contribution in [-0.2, 0) is 6.42 Å². The van der Waals surface area contributed by atoms with Gasteiger partial charge >= 0.3 is 0 Å². The molecule has 3 rings (SSSR count). The highest BCUT2D eigenvalue weighted by atomic mass is 19.1. The maximum atomic E-state index is 14.7. The van der Waals surface area contributed by atoms with E-state index in [0.717, 1.165) is 30.4 Å². The second kappa shape index (κ2) is 7.20. The molecule has 0 aromatic heterocycles. The van der Waals surface area contributed by atoms with Crippen molar-refractivity contribution in [2.75, 3.05) is 13.2 Å². The topological polar surface area (TPSA) is 18.5 Å². The molecule has 24 heavy (non-hydrogen) atoms. The smallest absolute Gasteiger partial charge is 0.169 e. The van der Waals surface area contributed by atoms with Crippen LogP contribution in [-0.4, -0.2) is 13.2 Å². The van der Waals surface area contributed by atoms with Crippen molar-refractivity contribution in [3.63, 3.8) is 0 Å². The van der Waals surface area contributed by atoms with E-state index in [9.17, 15) is 8.78 Å². The molecule has 2 aromatic rings. The van der Waals surface area contributed by atoms with Gasteiger partial charge in [0.25, 0.3) is 0 Å². The SMILES string of the molecule is CCCCOc1ccc2c(c1F)Cc1c-2ccc(OCCC)c1F. The Balaban J connectivity index is 1.91. The second-order valence-electron chi connectivity index (χ2n) is 6.03. The molecular weight excluding hydrogens is 310 g/mol. The molecule has 2 aromatic carbocycles. The largest absolute Gasteiger partial charge is 0.491 e. The van der Waals surface area contributed by atoms with Gasteiger partial charge in [-0.2, -0.15) is 0 Å². The number of fused-ring (bicyclic) bond motifs is 3. The first-order valence-corrected chi connectivity index (χ1v) is 8.56. The third-order valence-corrected chi connectivity index (χ3v) is 4.28. The summed E-state index contributed by atoms with van der Waals surface area (Å²) in [6, 6.07) is 6.89. The summed E-state index contributed by atoms with van der Waals surface area (Å²) in [7, 11) is 0. The third kappa shape index (κ3) is 2.97. The summed E-state index contributed by atoms with van der Waals surface area (Å²) in [4.78, 5) is 0. The highest BCUT2D eigenvalue weighted by molar-refractivity contribution is 5.78. The maximum Gasteiger partial charge on any atom is 0.169 e. The molecule has 0 heterocycles. The Labute approximate surface area is 141 Å². The van der Waals surface area contributed by atoms with Crippen molar-refractivity contribution in [2.45, 2.75) is 39.5 Å². The molecule has 0 bridgehead atoms. The molecule has 4 heteroatoms. The van der Waals surface area contributed by atoms with Gasteiger partial charge in [-0.3, -0.25) is 0 Å². The number of hydrogen-bond acceptors (Lipinski definition) is 2. The lowest BCUT2D eigenvalue weighted by atomic mass is 10.0. The van der Waals surface area contributed by atoms with Gasteiger partial charge in [-0.15, -0.1) is 0 Å². The van der Waals surface area contributed by atoms with E-state index >= 15 is 0 Å². The van der Waals surface area contributed by atoms with Crippen LogP contribution in [0.3, 0.4) is 0 Å². The van der Waals surface area contributed by atoms with Crippen molar-refractivity contribution in [3.05, 3.63) is 47.0 Å². The summed E-state index contributed by atoms with van der Waals surface area (Å²) in [5, 5.41) is 0. The van der Waals surface area contributed by atoms with Gasteiger partial charge < -0.3 is 9.47 Å². The minimum absolute atomic E-state index is 0.233. The first kappa shape index (κ1) is 16.7. The van der Waals surface area contributed by atoms with Crippen LogP contribution in [0.4, 0.5) is 8.78 Å². The zero-order chi connectivity index (χ0) is 17.1. The summed E-state index contributed by atoms with van der Waals surface area (Å²) >= 11 is 0. The van der Waals surface area contributed by atoms with Crippen molar-refractivity contribution in [1.29, 1.82) is 0 Å². The lowest BCUT2D eigenvalue weighted by molar-refractivity contribution is 0.293. The third-order valence-electron chi connectivity index (χ3n) is 4.28. The van der Waals surface area contributed by atoms with Crippen LogP contribution >= 0.6 is 0 Å². The quantitative estimate of drug-likeness (QED) is 0.532. The number of benzene rings is 2. The van der Waals surface area contributed by atoms with Gasteiger partial charge in [0, 0.05) is 17.5 Å². The molecule has 2 nitrogen and oxygen atoms in total. The van der Waals surface area contributed by atoms with Crippen LogP contribution in [0, 0.1) is 11.6 Å². The summed E-state index contributed by atoms with van der Waals surface area (Å²) < 4.78 is 40.3. The van der Waals surface area contributed by atoms with E-state index in [2.05, 4.69) is 6.92 Å². The van der Waals surface area contributed by atoms with Crippen molar-refractivity contribution in [3.8, 4) is 22.6 Å². The van der Waals surface area contributed by atoms with Crippen molar-refractivity contribution < 1.29 is 18.3 Å². The monoisotopic (exact) mass is 332 g/mol. The Hall–Kier alpha value is -2.10. The molecule has 0 fully saturated rings. The zero-order valence-electron chi connectivity index (χ0n) is 14.1. The van der Waals surface area contributed by atoms with Gasteiger partial charge in [0.1, 0.15) is 0 Å². The summed E-state index contributed by atoms with van der Waals surface area (Å²) in [6.07, 6.45) is 2.91. The molecule has 0 atom stereocenters. The fraction of sp³-hybridized carbons (Fsp3) is 0.400. The molecule has 0 spiro atoms. The predicted octanol–water partition coefficient (Wildman–Crippen LogP) is 5.50. The molecule has 0 saturated carbocycles. The average molecular weight is 332 g/mol. The average Bonchev–Trinajstić information content (AvgIpc) is 2.97. The zero-order valence-corrected chi connectivity index (χ0v) is 14.1. The molecule has 0 saturated heterocycles. The number of ether oxygens (including phenoxy) is 2. The first-order valence-electron chi connectivity index (χ1n) is 8.56. The maximum absolute atomic E-state index is 14.7. The molecule has 0 N–H and O–H groups in total. The number of hydrogen-bond donors (Lipinski definition) is 0. The lowest BCUT2D eigenvalue weighted by Gasteiger charge is -2.10. The molecule has 1 aliphatic rings. The molecular formula is C20H22F2O2. The molecule has 128 valence electrons. The number of rotatable bonds is 7. The van der Waals surface area contributed by atoms with Crippen LogP contribution in [0.15, 0.2) is 24.3 Å². The van der Waals surface area contributed by atoms with E-state index in [0.29, 0.717) is 24.3 Å². The standard InChI is InChI=1S/C20H22F2O2/c1-3-5-11-24-18-9-7-14-13-6-8-17(23-10-4-2)19(21)15(13)12-16(14)20(18)22/h6-9H,3-5,10-12H2,1-2H3. The van der Waals surface area contributed by atoms with E-state index in [1.54, 1.807) is 12.1 Å². The normalized spacial score (nSPS) is 12.0. The highest BCUT2D eigenvalue weighted by Crippen LogP contribution is 2.43.